The molecule has 0 aliphatic rings. The quantitative estimate of drug-likeness (QED) is 0.474. The fourth-order valence-electron chi connectivity index (χ4n) is 3.75. The summed E-state index contributed by atoms with van der Waals surface area (Å²) in [5.41, 5.74) is 2.22. The zero-order valence-electron chi connectivity index (χ0n) is 20.7. The van der Waals surface area contributed by atoms with Crippen LogP contribution in [0, 0.1) is 19.7 Å². The summed E-state index contributed by atoms with van der Waals surface area (Å²) in [5, 5.41) is 2.50. The monoisotopic (exact) mass is 511 g/mol. The maximum atomic E-state index is 14.4. The van der Waals surface area contributed by atoms with Crippen LogP contribution in [0.25, 0.3) is 0 Å². The largest absolute Gasteiger partial charge is 0.357 e. The number of amides is 2. The van der Waals surface area contributed by atoms with E-state index in [2.05, 4.69) is 5.32 Å². The van der Waals surface area contributed by atoms with Crippen molar-refractivity contribution in [3.05, 3.63) is 95.3 Å². The second kappa shape index (κ2) is 11.3. The fraction of sp³-hybridized carbons (Fsp3) is 0.259. The molecule has 0 heterocycles. The highest BCUT2D eigenvalue weighted by Crippen LogP contribution is 2.26. The van der Waals surface area contributed by atoms with Crippen molar-refractivity contribution < 1.29 is 22.4 Å². The van der Waals surface area contributed by atoms with E-state index in [-0.39, 0.29) is 17.0 Å². The molecule has 3 aromatic carbocycles. The van der Waals surface area contributed by atoms with E-state index >= 15 is 0 Å². The van der Waals surface area contributed by atoms with Crippen LogP contribution < -0.4 is 9.62 Å². The molecule has 0 spiro atoms. The predicted molar refractivity (Wildman–Crippen MR) is 137 cm³/mol. The molecule has 0 fully saturated rings. The minimum Gasteiger partial charge on any atom is -0.357 e. The molecule has 9 heteroatoms. The molecule has 3 aromatic rings. The minimum absolute atomic E-state index is 0.0300. The van der Waals surface area contributed by atoms with Crippen LogP contribution >= 0.6 is 0 Å². The lowest BCUT2D eigenvalue weighted by Gasteiger charge is -2.32. The zero-order chi connectivity index (χ0) is 26.5. The number of likely N-dealkylation sites (N-methyl/N-ethyl adjacent to an activating group) is 1. The number of anilines is 1. The van der Waals surface area contributed by atoms with Crippen LogP contribution in [-0.4, -0.2) is 44.8 Å². The van der Waals surface area contributed by atoms with Crippen LogP contribution in [0.15, 0.2) is 77.7 Å². The zero-order valence-corrected chi connectivity index (χ0v) is 21.5. The molecular formula is C27H30FN3O4S. The first-order valence-electron chi connectivity index (χ1n) is 11.4. The summed E-state index contributed by atoms with van der Waals surface area (Å²) in [6.45, 7) is 4.41. The number of benzene rings is 3. The predicted octanol–water partition coefficient (Wildman–Crippen LogP) is 3.80. The molecule has 0 radical (unpaired) electrons. The molecule has 0 aliphatic carbocycles. The summed E-state index contributed by atoms with van der Waals surface area (Å²) in [5.74, 6) is -1.63. The van der Waals surface area contributed by atoms with Gasteiger partial charge in [-0.2, -0.15) is 0 Å². The highest BCUT2D eigenvalue weighted by atomic mass is 32.2. The number of carbonyl (C=O) groups excluding carboxylic acids is 2. The van der Waals surface area contributed by atoms with Gasteiger partial charge in [-0.1, -0.05) is 48.0 Å². The van der Waals surface area contributed by atoms with Crippen LogP contribution in [0.2, 0.25) is 0 Å². The van der Waals surface area contributed by atoms with Crippen molar-refractivity contribution >= 4 is 27.5 Å². The second-order valence-corrected chi connectivity index (χ2v) is 10.4. The first kappa shape index (κ1) is 26.9. The SMILES string of the molecule is CNC(=O)C(C)N(Cc1ccccc1F)C(=O)CN(c1cccc(C)c1)S(=O)(=O)c1ccc(C)cc1. The molecule has 36 heavy (non-hydrogen) atoms. The molecule has 3 rings (SSSR count). The van der Waals surface area contributed by atoms with Crippen LogP contribution in [0.4, 0.5) is 10.1 Å². The molecule has 0 aromatic heterocycles. The molecular weight excluding hydrogens is 481 g/mol. The molecule has 0 bridgehead atoms. The van der Waals surface area contributed by atoms with E-state index in [1.165, 1.54) is 49.2 Å². The Morgan fingerprint density at radius 1 is 0.944 bits per heavy atom. The normalized spacial score (nSPS) is 12.0. The lowest BCUT2D eigenvalue weighted by Crippen LogP contribution is -2.50. The number of rotatable bonds is 9. The third-order valence-corrected chi connectivity index (χ3v) is 7.68. The Morgan fingerprint density at radius 3 is 2.22 bits per heavy atom. The van der Waals surface area contributed by atoms with E-state index in [4.69, 9.17) is 0 Å². The van der Waals surface area contributed by atoms with E-state index in [0.717, 1.165) is 15.4 Å². The number of halogens is 1. The van der Waals surface area contributed by atoms with E-state index < -0.39 is 40.2 Å². The summed E-state index contributed by atoms with van der Waals surface area (Å²) in [7, 11) is -2.70. The number of carbonyl (C=O) groups is 2. The van der Waals surface area contributed by atoms with Crippen molar-refractivity contribution in [1.82, 2.24) is 10.2 Å². The Kier molecular flexibility index (Phi) is 8.47. The van der Waals surface area contributed by atoms with Gasteiger partial charge in [0.25, 0.3) is 10.0 Å². The summed E-state index contributed by atoms with van der Waals surface area (Å²) >= 11 is 0. The number of sulfonamides is 1. The minimum atomic E-state index is -4.14. The van der Waals surface area contributed by atoms with Gasteiger partial charge >= 0.3 is 0 Å². The number of hydrogen-bond acceptors (Lipinski definition) is 4. The first-order chi connectivity index (χ1) is 17.0. The Bertz CT molecular complexity index is 1340. The lowest BCUT2D eigenvalue weighted by atomic mass is 10.1. The van der Waals surface area contributed by atoms with Gasteiger partial charge in [0.15, 0.2) is 0 Å². The molecule has 190 valence electrons. The Balaban J connectivity index is 2.05. The average molecular weight is 512 g/mol. The highest BCUT2D eigenvalue weighted by Gasteiger charge is 2.32. The molecule has 0 aliphatic heterocycles. The van der Waals surface area contributed by atoms with Crippen molar-refractivity contribution in [2.45, 2.75) is 38.3 Å². The molecule has 1 unspecified atom stereocenters. The van der Waals surface area contributed by atoms with Gasteiger partial charge < -0.3 is 10.2 Å². The van der Waals surface area contributed by atoms with Crippen molar-refractivity contribution in [3.63, 3.8) is 0 Å². The van der Waals surface area contributed by atoms with E-state index in [1.54, 1.807) is 36.4 Å². The molecule has 1 atom stereocenters. The first-order valence-corrected chi connectivity index (χ1v) is 12.9. The molecule has 0 saturated heterocycles. The van der Waals surface area contributed by atoms with Crippen LogP contribution in [0.5, 0.6) is 0 Å². The Labute approximate surface area is 211 Å². The van der Waals surface area contributed by atoms with Crippen molar-refractivity contribution in [2.75, 3.05) is 17.9 Å². The maximum Gasteiger partial charge on any atom is 0.264 e. The van der Waals surface area contributed by atoms with Gasteiger partial charge in [-0.25, -0.2) is 12.8 Å². The third-order valence-electron chi connectivity index (χ3n) is 5.89. The molecule has 7 nitrogen and oxygen atoms in total. The van der Waals surface area contributed by atoms with Gasteiger partial charge in [0.2, 0.25) is 11.8 Å². The standard InChI is InChI=1S/C27H30FN3O4S/c1-19-12-14-24(15-13-19)36(34,35)31(23-10-7-8-20(2)16-23)18-26(32)30(21(3)27(33)29-4)17-22-9-5-6-11-25(22)28/h5-16,21H,17-18H2,1-4H3,(H,29,33). The number of hydrogen-bond donors (Lipinski definition) is 1. The third kappa shape index (κ3) is 6.09. The fourth-order valence-corrected chi connectivity index (χ4v) is 5.16. The van der Waals surface area contributed by atoms with E-state index in [1.807, 2.05) is 19.9 Å². The Hall–Kier alpha value is -3.72. The van der Waals surface area contributed by atoms with Gasteiger partial charge in [-0.05, 0) is 56.7 Å². The van der Waals surface area contributed by atoms with Gasteiger partial charge in [-0.3, -0.25) is 13.9 Å². The van der Waals surface area contributed by atoms with Crippen LogP contribution in [0.1, 0.15) is 23.6 Å². The maximum absolute atomic E-state index is 14.4. The summed E-state index contributed by atoms with van der Waals surface area (Å²) in [4.78, 5) is 27.3. The second-order valence-electron chi connectivity index (χ2n) is 8.57. The summed E-state index contributed by atoms with van der Waals surface area (Å²) in [6, 6.07) is 18.1. The highest BCUT2D eigenvalue weighted by molar-refractivity contribution is 7.92. The molecule has 0 saturated carbocycles. The Morgan fingerprint density at radius 2 is 1.61 bits per heavy atom. The number of nitrogens with one attached hydrogen (secondary N) is 1. The van der Waals surface area contributed by atoms with Crippen LogP contribution in [-0.2, 0) is 26.2 Å². The van der Waals surface area contributed by atoms with Crippen molar-refractivity contribution in [3.8, 4) is 0 Å². The van der Waals surface area contributed by atoms with Gasteiger partial charge in [-0.15, -0.1) is 0 Å². The van der Waals surface area contributed by atoms with Crippen LogP contribution in [0.3, 0.4) is 0 Å². The van der Waals surface area contributed by atoms with Gasteiger partial charge in [0.05, 0.1) is 10.6 Å². The summed E-state index contributed by atoms with van der Waals surface area (Å²) in [6.07, 6.45) is 0. The molecule has 1 N–H and O–H groups in total. The topological polar surface area (TPSA) is 86.8 Å². The van der Waals surface area contributed by atoms with E-state index in [9.17, 15) is 22.4 Å². The van der Waals surface area contributed by atoms with Crippen molar-refractivity contribution in [1.29, 1.82) is 0 Å². The summed E-state index contributed by atoms with van der Waals surface area (Å²) < 4.78 is 42.9. The van der Waals surface area contributed by atoms with Crippen molar-refractivity contribution in [2.24, 2.45) is 0 Å². The molecule has 2 amide bonds. The van der Waals surface area contributed by atoms with E-state index in [0.29, 0.717) is 5.69 Å². The number of aryl methyl sites for hydroxylation is 2. The number of nitrogens with zero attached hydrogens (tertiary/aromatic N) is 2. The average Bonchev–Trinajstić information content (AvgIpc) is 2.85. The van der Waals surface area contributed by atoms with Gasteiger partial charge in [0.1, 0.15) is 18.4 Å². The smallest absolute Gasteiger partial charge is 0.264 e. The van der Waals surface area contributed by atoms with Gasteiger partial charge in [0, 0.05) is 19.2 Å². The lowest BCUT2D eigenvalue weighted by molar-refractivity contribution is -0.139.